The number of aliphatic hydroxyl groups excluding tert-OH is 1. The SMILES string of the molecule is COc1cc(/C=C/c2cc(O)c(O)c(O)c2)cc(CO)c1. The molecule has 0 atom stereocenters. The number of benzene rings is 2. The predicted molar refractivity (Wildman–Crippen MR) is 79.3 cm³/mol. The number of aliphatic hydroxyl groups is 1. The minimum atomic E-state index is -0.545. The van der Waals surface area contributed by atoms with Crippen molar-refractivity contribution in [2.45, 2.75) is 6.61 Å². The van der Waals surface area contributed by atoms with Gasteiger partial charge in [0.15, 0.2) is 17.2 Å². The van der Waals surface area contributed by atoms with Crippen LogP contribution in [0.25, 0.3) is 12.2 Å². The highest BCUT2D eigenvalue weighted by Crippen LogP contribution is 2.35. The Morgan fingerprint density at radius 2 is 1.48 bits per heavy atom. The number of phenols is 3. The summed E-state index contributed by atoms with van der Waals surface area (Å²) in [7, 11) is 1.54. The summed E-state index contributed by atoms with van der Waals surface area (Å²) in [5.74, 6) is -0.707. The maximum Gasteiger partial charge on any atom is 0.200 e. The number of rotatable bonds is 4. The molecule has 0 saturated carbocycles. The largest absolute Gasteiger partial charge is 0.504 e. The normalized spacial score (nSPS) is 11.0. The van der Waals surface area contributed by atoms with Crippen molar-refractivity contribution in [3.05, 3.63) is 47.0 Å². The lowest BCUT2D eigenvalue weighted by molar-refractivity contribution is 0.281. The first-order chi connectivity index (χ1) is 10.0. The summed E-state index contributed by atoms with van der Waals surface area (Å²) in [6.45, 7) is -0.0984. The van der Waals surface area contributed by atoms with Gasteiger partial charge in [-0.15, -0.1) is 0 Å². The highest BCUT2D eigenvalue weighted by molar-refractivity contribution is 5.73. The van der Waals surface area contributed by atoms with Gasteiger partial charge in [0.2, 0.25) is 0 Å². The van der Waals surface area contributed by atoms with Crippen LogP contribution in [0.5, 0.6) is 23.0 Å². The number of ether oxygens (including phenoxy) is 1. The summed E-state index contributed by atoms with van der Waals surface area (Å²) in [6.07, 6.45) is 3.40. The Hall–Kier alpha value is -2.66. The van der Waals surface area contributed by atoms with E-state index >= 15 is 0 Å². The fraction of sp³-hybridized carbons (Fsp3) is 0.125. The highest BCUT2D eigenvalue weighted by atomic mass is 16.5. The topological polar surface area (TPSA) is 90.2 Å². The van der Waals surface area contributed by atoms with Gasteiger partial charge >= 0.3 is 0 Å². The zero-order chi connectivity index (χ0) is 15.4. The van der Waals surface area contributed by atoms with Crippen LogP contribution in [0.1, 0.15) is 16.7 Å². The number of hydrogen-bond donors (Lipinski definition) is 4. The van der Waals surface area contributed by atoms with E-state index < -0.39 is 17.2 Å². The zero-order valence-corrected chi connectivity index (χ0v) is 11.4. The third-order valence-electron chi connectivity index (χ3n) is 2.97. The van der Waals surface area contributed by atoms with Crippen molar-refractivity contribution in [2.24, 2.45) is 0 Å². The van der Waals surface area contributed by atoms with Crippen molar-refractivity contribution in [1.29, 1.82) is 0 Å². The second-order valence-corrected chi connectivity index (χ2v) is 4.51. The average Bonchev–Trinajstić information content (AvgIpc) is 2.49. The number of hydrogen-bond acceptors (Lipinski definition) is 5. The summed E-state index contributed by atoms with van der Waals surface area (Å²) in [5, 5.41) is 37.4. The maximum atomic E-state index is 9.45. The number of phenolic OH excluding ortho intramolecular Hbond substituents is 3. The molecule has 0 fully saturated rings. The van der Waals surface area contributed by atoms with Crippen molar-refractivity contribution in [3.63, 3.8) is 0 Å². The smallest absolute Gasteiger partial charge is 0.200 e. The van der Waals surface area contributed by atoms with Gasteiger partial charge in [-0.2, -0.15) is 0 Å². The summed E-state index contributed by atoms with van der Waals surface area (Å²) in [4.78, 5) is 0. The third-order valence-corrected chi connectivity index (χ3v) is 2.97. The minimum absolute atomic E-state index is 0.0984. The van der Waals surface area contributed by atoms with E-state index in [1.165, 1.54) is 12.1 Å². The van der Waals surface area contributed by atoms with Crippen LogP contribution < -0.4 is 4.74 Å². The summed E-state index contributed by atoms with van der Waals surface area (Å²) in [5.41, 5.74) is 2.03. The molecule has 5 nitrogen and oxygen atoms in total. The predicted octanol–water partition coefficient (Wildman–Crippen LogP) is 2.47. The Bertz CT molecular complexity index is 631. The molecule has 2 aromatic carbocycles. The Morgan fingerprint density at radius 3 is 2.00 bits per heavy atom. The average molecular weight is 288 g/mol. The Kier molecular flexibility index (Phi) is 4.35. The van der Waals surface area contributed by atoms with Gasteiger partial charge in [0.05, 0.1) is 13.7 Å². The molecule has 0 unspecified atom stereocenters. The van der Waals surface area contributed by atoms with Crippen LogP contribution in [-0.2, 0) is 6.61 Å². The molecular formula is C16H16O5. The molecule has 0 aromatic heterocycles. The first-order valence-electron chi connectivity index (χ1n) is 6.25. The molecule has 5 heteroatoms. The Balaban J connectivity index is 2.33. The number of aromatic hydroxyl groups is 3. The van der Waals surface area contributed by atoms with Crippen LogP contribution in [0.4, 0.5) is 0 Å². The highest BCUT2D eigenvalue weighted by Gasteiger charge is 2.06. The van der Waals surface area contributed by atoms with Gasteiger partial charge in [0.25, 0.3) is 0 Å². The fourth-order valence-corrected chi connectivity index (χ4v) is 1.91. The molecule has 0 amide bonds. The molecular weight excluding hydrogens is 272 g/mol. The van der Waals surface area contributed by atoms with E-state index in [1.807, 2.05) is 0 Å². The standard InChI is InChI=1S/C16H16O5/c1-21-13-5-10(4-12(6-13)9-17)2-3-11-7-14(18)16(20)15(19)8-11/h2-8,17-20H,9H2,1H3/b3-2+. The monoisotopic (exact) mass is 288 g/mol. The number of methoxy groups -OCH3 is 1. The third kappa shape index (κ3) is 3.46. The van der Waals surface area contributed by atoms with Gasteiger partial charge in [-0.25, -0.2) is 0 Å². The van der Waals surface area contributed by atoms with Crippen molar-refractivity contribution in [3.8, 4) is 23.0 Å². The molecule has 0 aliphatic carbocycles. The molecule has 2 rings (SSSR count). The van der Waals surface area contributed by atoms with E-state index in [0.717, 1.165) is 5.56 Å². The molecule has 0 radical (unpaired) electrons. The quantitative estimate of drug-likeness (QED) is 0.512. The molecule has 0 heterocycles. The van der Waals surface area contributed by atoms with Gasteiger partial charge < -0.3 is 25.2 Å². The Labute approximate surface area is 122 Å². The summed E-state index contributed by atoms with van der Waals surface area (Å²) >= 11 is 0. The van der Waals surface area contributed by atoms with Crippen molar-refractivity contribution < 1.29 is 25.2 Å². The molecule has 0 aliphatic heterocycles. The molecule has 2 aromatic rings. The lowest BCUT2D eigenvalue weighted by Gasteiger charge is -2.05. The van der Waals surface area contributed by atoms with Gasteiger partial charge in [0, 0.05) is 0 Å². The van der Waals surface area contributed by atoms with Gasteiger partial charge in [-0.3, -0.25) is 0 Å². The molecule has 110 valence electrons. The lowest BCUT2D eigenvalue weighted by atomic mass is 10.1. The molecule has 21 heavy (non-hydrogen) atoms. The van der Waals surface area contributed by atoms with Gasteiger partial charge in [-0.05, 0) is 47.0 Å². The summed E-state index contributed by atoms with van der Waals surface area (Å²) < 4.78 is 5.15. The van der Waals surface area contributed by atoms with Crippen LogP contribution >= 0.6 is 0 Å². The van der Waals surface area contributed by atoms with Crippen LogP contribution in [0, 0.1) is 0 Å². The maximum absolute atomic E-state index is 9.45. The van der Waals surface area contributed by atoms with E-state index in [0.29, 0.717) is 16.9 Å². The van der Waals surface area contributed by atoms with Gasteiger partial charge in [-0.1, -0.05) is 12.2 Å². The van der Waals surface area contributed by atoms with Crippen LogP contribution in [0.2, 0.25) is 0 Å². The van der Waals surface area contributed by atoms with Gasteiger partial charge in [0.1, 0.15) is 5.75 Å². The second-order valence-electron chi connectivity index (χ2n) is 4.51. The van der Waals surface area contributed by atoms with Crippen molar-refractivity contribution in [2.75, 3.05) is 7.11 Å². The fourth-order valence-electron chi connectivity index (χ4n) is 1.91. The summed E-state index contributed by atoms with van der Waals surface area (Å²) in [6, 6.07) is 7.97. The van der Waals surface area contributed by atoms with E-state index in [1.54, 1.807) is 37.5 Å². The molecule has 0 saturated heterocycles. The van der Waals surface area contributed by atoms with Crippen LogP contribution in [0.15, 0.2) is 30.3 Å². The second kappa shape index (κ2) is 6.19. The molecule has 0 bridgehead atoms. The lowest BCUT2D eigenvalue weighted by Crippen LogP contribution is -1.89. The van der Waals surface area contributed by atoms with E-state index in [2.05, 4.69) is 0 Å². The van der Waals surface area contributed by atoms with E-state index in [4.69, 9.17) is 4.74 Å². The van der Waals surface area contributed by atoms with Crippen LogP contribution in [0.3, 0.4) is 0 Å². The molecule has 0 aliphatic rings. The van der Waals surface area contributed by atoms with E-state index in [-0.39, 0.29) is 6.61 Å². The van der Waals surface area contributed by atoms with Crippen molar-refractivity contribution in [1.82, 2.24) is 0 Å². The van der Waals surface area contributed by atoms with Crippen LogP contribution in [-0.4, -0.2) is 27.5 Å². The molecule has 0 spiro atoms. The first kappa shape index (κ1) is 14.7. The van der Waals surface area contributed by atoms with Crippen molar-refractivity contribution >= 4 is 12.2 Å². The zero-order valence-electron chi connectivity index (χ0n) is 11.4. The first-order valence-corrected chi connectivity index (χ1v) is 6.25. The van der Waals surface area contributed by atoms with E-state index in [9.17, 15) is 20.4 Å². The Morgan fingerprint density at radius 1 is 0.905 bits per heavy atom. The minimum Gasteiger partial charge on any atom is -0.504 e. The molecule has 4 N–H and O–H groups in total.